The predicted octanol–water partition coefficient (Wildman–Crippen LogP) is 2.42. The molecule has 74 valence electrons. The molecule has 0 aromatic heterocycles. The van der Waals surface area contributed by atoms with Crippen LogP contribution in [0.25, 0.3) is 0 Å². The van der Waals surface area contributed by atoms with Gasteiger partial charge in [0, 0.05) is 5.88 Å². The Morgan fingerprint density at radius 2 is 1.67 bits per heavy atom. The van der Waals surface area contributed by atoms with Crippen molar-refractivity contribution in [1.29, 1.82) is 0 Å². The zero-order valence-electron chi connectivity index (χ0n) is 7.29. The number of hydrogen-bond donors (Lipinski definition) is 0. The first-order valence-corrected chi connectivity index (χ1v) is 5.77. The van der Waals surface area contributed by atoms with Crippen LogP contribution in [0.5, 0.6) is 0 Å². The zero-order chi connectivity index (χ0) is 9.45. The van der Waals surface area contributed by atoms with Gasteiger partial charge in [0.05, 0.1) is 19.8 Å². The van der Waals surface area contributed by atoms with Gasteiger partial charge >= 0.3 is 7.82 Å². The van der Waals surface area contributed by atoms with Crippen molar-refractivity contribution in [3.05, 3.63) is 0 Å². The molecule has 0 aliphatic carbocycles. The van der Waals surface area contributed by atoms with Gasteiger partial charge in [-0.3, -0.25) is 13.6 Å². The fourth-order valence-corrected chi connectivity index (χ4v) is 1.93. The molecule has 0 rings (SSSR count). The number of halogens is 1. The smallest absolute Gasteiger partial charge is 0.287 e. The maximum absolute atomic E-state index is 11.4. The average molecular weight is 217 g/mol. The third-order valence-electron chi connectivity index (χ3n) is 0.901. The minimum Gasteiger partial charge on any atom is -0.287 e. The molecular formula is C6H14ClO4P. The Morgan fingerprint density at radius 3 is 2.00 bits per heavy atom. The van der Waals surface area contributed by atoms with E-state index in [2.05, 4.69) is 0 Å². The summed E-state index contributed by atoms with van der Waals surface area (Å²) >= 11 is 5.35. The second-order valence-corrected chi connectivity index (χ2v) is 3.85. The number of rotatable bonds is 7. The van der Waals surface area contributed by atoms with Gasteiger partial charge in [-0.1, -0.05) is 0 Å². The predicted molar refractivity (Wildman–Crippen MR) is 47.5 cm³/mol. The highest BCUT2D eigenvalue weighted by molar-refractivity contribution is 7.48. The van der Waals surface area contributed by atoms with Gasteiger partial charge in [-0.15, -0.1) is 11.6 Å². The van der Waals surface area contributed by atoms with Crippen LogP contribution in [0, 0.1) is 0 Å². The molecule has 6 heteroatoms. The molecule has 0 fully saturated rings. The van der Waals surface area contributed by atoms with E-state index in [1.165, 1.54) is 0 Å². The van der Waals surface area contributed by atoms with Crippen LogP contribution >= 0.6 is 19.4 Å². The minimum atomic E-state index is -3.32. The molecule has 0 aliphatic rings. The number of hydrogen-bond acceptors (Lipinski definition) is 4. The molecule has 0 radical (unpaired) electrons. The lowest BCUT2D eigenvalue weighted by molar-refractivity contribution is 0.127. The van der Waals surface area contributed by atoms with Crippen LogP contribution in [-0.2, 0) is 18.1 Å². The number of phosphoric acid groups is 1. The highest BCUT2D eigenvalue weighted by atomic mass is 35.5. The first-order chi connectivity index (χ1) is 5.68. The van der Waals surface area contributed by atoms with Gasteiger partial charge in [-0.25, -0.2) is 4.57 Å². The fraction of sp³-hybridized carbons (Fsp3) is 1.00. The maximum atomic E-state index is 11.4. The molecule has 0 atom stereocenters. The second kappa shape index (κ2) is 6.87. The Bertz CT molecular complexity index is 142. The molecule has 0 saturated heterocycles. The van der Waals surface area contributed by atoms with Gasteiger partial charge in [0.25, 0.3) is 0 Å². The molecule has 0 unspecified atom stereocenters. The van der Waals surface area contributed by atoms with Crippen molar-refractivity contribution < 1.29 is 18.1 Å². The van der Waals surface area contributed by atoms with Crippen molar-refractivity contribution in [2.45, 2.75) is 13.8 Å². The van der Waals surface area contributed by atoms with Crippen molar-refractivity contribution >= 4 is 19.4 Å². The van der Waals surface area contributed by atoms with Crippen molar-refractivity contribution in [2.75, 3.05) is 25.7 Å². The van der Waals surface area contributed by atoms with E-state index in [1.54, 1.807) is 13.8 Å². The Kier molecular flexibility index (Phi) is 7.10. The molecule has 4 nitrogen and oxygen atoms in total. The summed E-state index contributed by atoms with van der Waals surface area (Å²) < 4.78 is 25.9. The maximum Gasteiger partial charge on any atom is 0.474 e. The molecule has 0 aromatic carbocycles. The molecule has 0 amide bonds. The van der Waals surface area contributed by atoms with Gasteiger partial charge in [0.1, 0.15) is 0 Å². The fourth-order valence-electron chi connectivity index (χ4n) is 0.574. The van der Waals surface area contributed by atoms with Crippen LogP contribution in [-0.4, -0.2) is 25.7 Å². The first-order valence-electron chi connectivity index (χ1n) is 3.78. The van der Waals surface area contributed by atoms with E-state index < -0.39 is 7.82 Å². The van der Waals surface area contributed by atoms with E-state index in [0.29, 0.717) is 13.2 Å². The summed E-state index contributed by atoms with van der Waals surface area (Å²) in [4.78, 5) is 0. The van der Waals surface area contributed by atoms with E-state index in [4.69, 9.17) is 25.2 Å². The van der Waals surface area contributed by atoms with Gasteiger partial charge < -0.3 is 0 Å². The summed E-state index contributed by atoms with van der Waals surface area (Å²) in [6.07, 6.45) is 0. The summed E-state index contributed by atoms with van der Waals surface area (Å²) in [5.41, 5.74) is 0. The quantitative estimate of drug-likeness (QED) is 0.484. The third-order valence-corrected chi connectivity index (χ3v) is 2.70. The van der Waals surface area contributed by atoms with Crippen LogP contribution < -0.4 is 0 Å². The van der Waals surface area contributed by atoms with Crippen molar-refractivity contribution in [2.24, 2.45) is 0 Å². The van der Waals surface area contributed by atoms with E-state index >= 15 is 0 Å². The first kappa shape index (κ1) is 12.4. The third kappa shape index (κ3) is 5.12. The normalized spacial score (nSPS) is 11.9. The molecule has 0 spiro atoms. The van der Waals surface area contributed by atoms with Crippen molar-refractivity contribution in [3.8, 4) is 0 Å². The molecule has 0 N–H and O–H groups in total. The average Bonchev–Trinajstić information content (AvgIpc) is 2.02. The largest absolute Gasteiger partial charge is 0.474 e. The Labute approximate surface area is 77.8 Å². The Balaban J connectivity index is 3.90. The summed E-state index contributed by atoms with van der Waals surface area (Å²) in [7, 11) is -3.32. The van der Waals surface area contributed by atoms with Crippen LogP contribution in [0.4, 0.5) is 0 Å². The van der Waals surface area contributed by atoms with Gasteiger partial charge in [0.2, 0.25) is 0 Å². The van der Waals surface area contributed by atoms with Gasteiger partial charge in [0.15, 0.2) is 0 Å². The lowest BCUT2D eigenvalue weighted by Crippen LogP contribution is -2.01. The molecule has 0 saturated carbocycles. The molecule has 0 aliphatic heterocycles. The van der Waals surface area contributed by atoms with Crippen LogP contribution in [0.15, 0.2) is 0 Å². The van der Waals surface area contributed by atoms with Crippen LogP contribution in [0.2, 0.25) is 0 Å². The van der Waals surface area contributed by atoms with Crippen molar-refractivity contribution in [3.63, 3.8) is 0 Å². The molecular weight excluding hydrogens is 202 g/mol. The summed E-state index contributed by atoms with van der Waals surface area (Å²) in [5.74, 6) is 0.268. The lowest BCUT2D eigenvalue weighted by atomic mass is 10.9. The number of phosphoric ester groups is 1. The topological polar surface area (TPSA) is 44.8 Å². The Hall–Kier alpha value is 0.400. The summed E-state index contributed by atoms with van der Waals surface area (Å²) in [5, 5.41) is 0. The molecule has 0 bridgehead atoms. The van der Waals surface area contributed by atoms with Crippen LogP contribution in [0.1, 0.15) is 13.8 Å². The second-order valence-electron chi connectivity index (χ2n) is 1.80. The zero-order valence-corrected chi connectivity index (χ0v) is 8.94. The van der Waals surface area contributed by atoms with E-state index in [-0.39, 0.29) is 12.5 Å². The van der Waals surface area contributed by atoms with Gasteiger partial charge in [-0.05, 0) is 13.8 Å². The number of alkyl halides is 1. The van der Waals surface area contributed by atoms with E-state index in [0.717, 1.165) is 0 Å². The SMILES string of the molecule is CCOP(=O)(OCC)OCCCl. The molecule has 12 heavy (non-hydrogen) atoms. The highest BCUT2D eigenvalue weighted by Gasteiger charge is 2.24. The van der Waals surface area contributed by atoms with E-state index in [1.807, 2.05) is 0 Å². The Morgan fingerprint density at radius 1 is 1.17 bits per heavy atom. The lowest BCUT2D eigenvalue weighted by Gasteiger charge is -2.15. The van der Waals surface area contributed by atoms with Gasteiger partial charge in [-0.2, -0.15) is 0 Å². The highest BCUT2D eigenvalue weighted by Crippen LogP contribution is 2.48. The molecule has 0 heterocycles. The monoisotopic (exact) mass is 216 g/mol. The van der Waals surface area contributed by atoms with Crippen molar-refractivity contribution in [1.82, 2.24) is 0 Å². The minimum absolute atomic E-state index is 0.166. The van der Waals surface area contributed by atoms with Crippen LogP contribution in [0.3, 0.4) is 0 Å². The standard InChI is InChI=1S/C6H14ClO4P/c1-3-9-12(8,10-4-2)11-6-5-7/h3-6H2,1-2H3. The van der Waals surface area contributed by atoms with E-state index in [9.17, 15) is 4.57 Å². The summed E-state index contributed by atoms with van der Waals surface area (Å²) in [6.45, 7) is 4.18. The summed E-state index contributed by atoms with van der Waals surface area (Å²) in [6, 6.07) is 0. The molecule has 0 aromatic rings.